The second-order valence-electron chi connectivity index (χ2n) is 4.05. The van der Waals surface area contributed by atoms with Gasteiger partial charge in [-0.3, -0.25) is 4.90 Å². The first kappa shape index (κ1) is 11.1. The van der Waals surface area contributed by atoms with Gasteiger partial charge in [0.05, 0.1) is 0 Å². The lowest BCUT2D eigenvalue weighted by Crippen LogP contribution is -2.34. The van der Waals surface area contributed by atoms with E-state index in [0.29, 0.717) is 11.9 Å². The van der Waals surface area contributed by atoms with Crippen molar-refractivity contribution in [1.29, 1.82) is 0 Å². The van der Waals surface area contributed by atoms with E-state index in [9.17, 15) is 0 Å². The van der Waals surface area contributed by atoms with Crippen molar-refractivity contribution in [3.63, 3.8) is 0 Å². The topological polar surface area (TPSA) is 3.24 Å². The number of halogens is 1. The number of likely N-dealkylation sites (tertiary alicyclic amines) is 1. The molecule has 13 heavy (non-hydrogen) atoms. The van der Waals surface area contributed by atoms with Crippen molar-refractivity contribution in [2.45, 2.75) is 38.6 Å². The summed E-state index contributed by atoms with van der Waals surface area (Å²) in [5, 5.41) is 0. The zero-order valence-electron chi connectivity index (χ0n) is 8.56. The maximum absolute atomic E-state index is 5.73. The first-order chi connectivity index (χ1) is 6.24. The van der Waals surface area contributed by atoms with Crippen LogP contribution in [0, 0.1) is 0 Å². The van der Waals surface area contributed by atoms with Gasteiger partial charge in [-0.25, -0.2) is 0 Å². The maximum Gasteiger partial charge on any atom is 0.0443 e. The van der Waals surface area contributed by atoms with E-state index in [-0.39, 0.29) is 0 Å². The lowest BCUT2D eigenvalue weighted by Gasteiger charge is -2.27. The minimum absolute atomic E-state index is 0.600. The van der Waals surface area contributed by atoms with Gasteiger partial charge in [0, 0.05) is 18.5 Å². The molecule has 1 aliphatic rings. The Morgan fingerprint density at radius 3 is 2.92 bits per heavy atom. The van der Waals surface area contributed by atoms with Crippen LogP contribution in [0.2, 0.25) is 0 Å². The van der Waals surface area contributed by atoms with Crippen molar-refractivity contribution < 1.29 is 0 Å². The van der Waals surface area contributed by atoms with Gasteiger partial charge in [-0.1, -0.05) is 19.4 Å². The van der Waals surface area contributed by atoms with Crippen LogP contribution >= 0.6 is 11.6 Å². The van der Waals surface area contributed by atoms with Gasteiger partial charge in [0.2, 0.25) is 0 Å². The van der Waals surface area contributed by atoms with Gasteiger partial charge in [-0.15, -0.1) is 11.6 Å². The molecule has 1 fully saturated rings. The molecule has 0 amide bonds. The average Bonchev–Trinajstić information content (AvgIpc) is 2.32. The molecule has 1 atom stereocenters. The van der Waals surface area contributed by atoms with Crippen molar-refractivity contribution in [3.05, 3.63) is 12.2 Å². The third-order valence-corrected chi connectivity index (χ3v) is 3.18. The van der Waals surface area contributed by atoms with E-state index in [2.05, 4.69) is 18.4 Å². The Morgan fingerprint density at radius 1 is 1.46 bits per heavy atom. The molecule has 0 aliphatic carbocycles. The summed E-state index contributed by atoms with van der Waals surface area (Å²) < 4.78 is 0. The second kappa shape index (κ2) is 5.66. The van der Waals surface area contributed by atoms with E-state index in [4.69, 9.17) is 11.6 Å². The van der Waals surface area contributed by atoms with Crippen LogP contribution in [0.25, 0.3) is 0 Å². The van der Waals surface area contributed by atoms with Crippen LogP contribution in [0.1, 0.15) is 32.6 Å². The van der Waals surface area contributed by atoms with Crippen molar-refractivity contribution in [2.75, 3.05) is 19.0 Å². The molecule has 1 rings (SSSR count). The van der Waals surface area contributed by atoms with Crippen molar-refractivity contribution >= 4 is 11.6 Å². The SMILES string of the molecule is C=C(CCl)CN1CCCCCC1C. The van der Waals surface area contributed by atoms with Gasteiger partial charge >= 0.3 is 0 Å². The Labute approximate surface area is 86.8 Å². The van der Waals surface area contributed by atoms with Crippen LogP contribution in [0.4, 0.5) is 0 Å². The molecule has 2 heteroatoms. The fraction of sp³-hybridized carbons (Fsp3) is 0.818. The van der Waals surface area contributed by atoms with Gasteiger partial charge in [-0.2, -0.15) is 0 Å². The van der Waals surface area contributed by atoms with Crippen LogP contribution in [-0.2, 0) is 0 Å². The summed E-state index contributed by atoms with van der Waals surface area (Å²) in [4.78, 5) is 2.51. The molecule has 0 spiro atoms. The Bertz CT molecular complexity index is 167. The number of hydrogen-bond donors (Lipinski definition) is 0. The quantitative estimate of drug-likeness (QED) is 0.501. The fourth-order valence-corrected chi connectivity index (χ4v) is 1.98. The monoisotopic (exact) mass is 201 g/mol. The summed E-state index contributed by atoms with van der Waals surface area (Å²) in [6, 6.07) is 0.711. The number of rotatable bonds is 3. The molecule has 76 valence electrons. The molecule has 0 radical (unpaired) electrons. The molecule has 1 saturated heterocycles. The normalized spacial score (nSPS) is 25.5. The minimum Gasteiger partial charge on any atom is -0.297 e. The number of hydrogen-bond acceptors (Lipinski definition) is 1. The number of alkyl halides is 1. The van der Waals surface area contributed by atoms with E-state index in [0.717, 1.165) is 12.1 Å². The van der Waals surface area contributed by atoms with Gasteiger partial charge in [-0.05, 0) is 31.9 Å². The molecule has 0 aromatic carbocycles. The van der Waals surface area contributed by atoms with Crippen LogP contribution in [0.5, 0.6) is 0 Å². The molecule has 1 nitrogen and oxygen atoms in total. The summed E-state index contributed by atoms with van der Waals surface area (Å²) >= 11 is 5.73. The van der Waals surface area contributed by atoms with Crippen molar-refractivity contribution in [1.82, 2.24) is 4.90 Å². The summed E-state index contributed by atoms with van der Waals surface area (Å²) in [5.41, 5.74) is 1.15. The third kappa shape index (κ3) is 3.70. The Kier molecular flexibility index (Phi) is 4.82. The Balaban J connectivity index is 2.40. The average molecular weight is 202 g/mol. The van der Waals surface area contributed by atoms with E-state index in [1.165, 1.54) is 32.2 Å². The summed E-state index contributed by atoms with van der Waals surface area (Å²) in [6.07, 6.45) is 5.43. The minimum atomic E-state index is 0.600. The largest absolute Gasteiger partial charge is 0.297 e. The Hall–Kier alpha value is -0.0100. The van der Waals surface area contributed by atoms with Crippen LogP contribution in [0.3, 0.4) is 0 Å². The fourth-order valence-electron chi connectivity index (χ4n) is 1.90. The summed E-state index contributed by atoms with van der Waals surface area (Å²) in [6.45, 7) is 8.48. The first-order valence-electron chi connectivity index (χ1n) is 5.20. The number of nitrogens with zero attached hydrogens (tertiary/aromatic N) is 1. The second-order valence-corrected chi connectivity index (χ2v) is 4.32. The highest BCUT2D eigenvalue weighted by Crippen LogP contribution is 2.17. The van der Waals surface area contributed by atoms with Crippen molar-refractivity contribution in [3.8, 4) is 0 Å². The molecule has 0 saturated carbocycles. The van der Waals surface area contributed by atoms with E-state index in [1.54, 1.807) is 0 Å². The molecule has 1 unspecified atom stereocenters. The smallest absolute Gasteiger partial charge is 0.0443 e. The van der Waals surface area contributed by atoms with Gasteiger partial charge in [0.1, 0.15) is 0 Å². The molecule has 1 heterocycles. The Morgan fingerprint density at radius 2 is 2.23 bits per heavy atom. The first-order valence-corrected chi connectivity index (χ1v) is 5.74. The van der Waals surface area contributed by atoms with Gasteiger partial charge in [0.25, 0.3) is 0 Å². The predicted octanol–water partition coefficient (Wildman–Crippen LogP) is 3.05. The molecule has 1 aliphatic heterocycles. The van der Waals surface area contributed by atoms with Crippen molar-refractivity contribution in [2.24, 2.45) is 0 Å². The van der Waals surface area contributed by atoms with E-state index >= 15 is 0 Å². The molecule has 0 aromatic heterocycles. The third-order valence-electron chi connectivity index (χ3n) is 2.81. The molecular formula is C11H20ClN. The lowest BCUT2D eigenvalue weighted by molar-refractivity contribution is 0.232. The molecule has 0 aromatic rings. The van der Waals surface area contributed by atoms with Crippen LogP contribution in [0.15, 0.2) is 12.2 Å². The van der Waals surface area contributed by atoms with E-state index < -0.39 is 0 Å². The zero-order valence-corrected chi connectivity index (χ0v) is 9.32. The van der Waals surface area contributed by atoms with Gasteiger partial charge in [0.15, 0.2) is 0 Å². The zero-order chi connectivity index (χ0) is 9.68. The molecule has 0 N–H and O–H groups in total. The molecule has 0 bridgehead atoms. The lowest BCUT2D eigenvalue weighted by atomic mass is 10.1. The van der Waals surface area contributed by atoms with Crippen LogP contribution in [-0.4, -0.2) is 29.9 Å². The highest BCUT2D eigenvalue weighted by molar-refractivity contribution is 6.19. The predicted molar refractivity (Wildman–Crippen MR) is 59.4 cm³/mol. The maximum atomic E-state index is 5.73. The highest BCUT2D eigenvalue weighted by Gasteiger charge is 2.16. The van der Waals surface area contributed by atoms with E-state index in [1.807, 2.05) is 0 Å². The van der Waals surface area contributed by atoms with Gasteiger partial charge < -0.3 is 0 Å². The summed E-state index contributed by atoms with van der Waals surface area (Å²) in [5.74, 6) is 0.600. The standard InChI is InChI=1S/C11H20ClN/c1-10(8-12)9-13-7-5-3-4-6-11(13)2/h11H,1,3-9H2,2H3. The van der Waals surface area contributed by atoms with Crippen LogP contribution < -0.4 is 0 Å². The molecular weight excluding hydrogens is 182 g/mol. The summed E-state index contributed by atoms with van der Waals surface area (Å²) in [7, 11) is 0. The highest BCUT2D eigenvalue weighted by atomic mass is 35.5.